The van der Waals surface area contributed by atoms with Gasteiger partial charge in [0.05, 0.1) is 0 Å². The summed E-state index contributed by atoms with van der Waals surface area (Å²) in [6.07, 6.45) is -0.730. The normalized spacial score (nSPS) is 12.1. The number of aryl methyl sites for hydroxylation is 4. The molecule has 346 valence electrons. The van der Waals surface area contributed by atoms with Gasteiger partial charge >= 0.3 is 6.16 Å². The lowest BCUT2D eigenvalue weighted by Crippen LogP contribution is -2.26. The molecule has 7 aromatic rings. The Bertz CT molecular complexity index is 2970. The molecule has 3 N–H and O–H groups in total. The number of aromatic hydroxyl groups is 3. The van der Waals surface area contributed by atoms with Crippen molar-refractivity contribution in [2.75, 3.05) is 0 Å². The fraction of sp³-hybridized carbons (Fsp3) is 0.295. The van der Waals surface area contributed by atoms with Crippen LogP contribution in [0.3, 0.4) is 0 Å². The lowest BCUT2D eigenvalue weighted by atomic mass is 9.78. The van der Waals surface area contributed by atoms with E-state index in [1.165, 1.54) is 0 Å². The van der Waals surface area contributed by atoms with Crippen LogP contribution < -0.4 is 4.74 Å². The fourth-order valence-corrected chi connectivity index (χ4v) is 9.74. The molecule has 0 aliphatic rings. The highest BCUT2D eigenvalue weighted by Gasteiger charge is 2.28. The lowest BCUT2D eigenvalue weighted by Gasteiger charge is -2.27. The Morgan fingerprint density at radius 2 is 0.672 bits per heavy atom. The molecule has 6 heteroatoms. The summed E-state index contributed by atoms with van der Waals surface area (Å²) in [6.45, 7) is 29.5. The van der Waals surface area contributed by atoms with E-state index in [2.05, 4.69) is 125 Å². The van der Waals surface area contributed by atoms with E-state index in [4.69, 9.17) is 9.47 Å². The second-order valence-electron chi connectivity index (χ2n) is 19.8. The number of ether oxygens (including phenoxy) is 2. The Labute approximate surface area is 397 Å². The Balaban J connectivity index is 1.22. The van der Waals surface area contributed by atoms with Crippen molar-refractivity contribution in [2.24, 2.45) is 0 Å². The first-order valence-corrected chi connectivity index (χ1v) is 23.2. The molecule has 0 heterocycles. The average molecular weight is 895 g/mol. The van der Waals surface area contributed by atoms with Gasteiger partial charge in [0.25, 0.3) is 0 Å². The van der Waals surface area contributed by atoms with Crippen LogP contribution in [-0.2, 0) is 4.74 Å². The highest BCUT2D eigenvalue weighted by Crippen LogP contribution is 2.45. The van der Waals surface area contributed by atoms with Crippen LogP contribution in [0.25, 0.3) is 22.3 Å². The van der Waals surface area contributed by atoms with Gasteiger partial charge in [-0.1, -0.05) is 97.1 Å². The molecule has 1 unspecified atom stereocenters. The number of carbonyl (C=O) groups excluding carboxylic acids is 1. The van der Waals surface area contributed by atoms with Gasteiger partial charge < -0.3 is 24.8 Å². The second-order valence-corrected chi connectivity index (χ2v) is 19.8. The lowest BCUT2D eigenvalue weighted by molar-refractivity contribution is 0.0203. The van der Waals surface area contributed by atoms with E-state index in [0.717, 1.165) is 122 Å². The standard InChI is InChI=1S/C61H66O6/c1-32-28-50(36(5)40(9)56(32)62)54(51-29-33(2)57(63)41(10)37(51)6)48-24-20-46(21-25-48)44-16-18-45(19-17-44)47-22-26-49(27-23-47)55(52-30-34(3)58(64)42(11)38(52)7)53-31-35(4)59(43(12)39(53)8)66-60(65)67-61(13,14)15/h16-31,54-55,62-64H,1-15H3. The number of phenols is 3. The van der Waals surface area contributed by atoms with Crippen molar-refractivity contribution in [1.29, 1.82) is 0 Å². The van der Waals surface area contributed by atoms with Crippen molar-refractivity contribution >= 4 is 6.16 Å². The third kappa shape index (κ3) is 9.32. The summed E-state index contributed by atoms with van der Waals surface area (Å²) in [6, 6.07) is 34.7. The van der Waals surface area contributed by atoms with Gasteiger partial charge in [-0.05, 0) is 226 Å². The molecule has 0 aromatic heterocycles. The molecule has 0 saturated heterocycles. The van der Waals surface area contributed by atoms with E-state index in [1.807, 2.05) is 76.2 Å². The number of carbonyl (C=O) groups is 1. The van der Waals surface area contributed by atoms with E-state index in [1.54, 1.807) is 0 Å². The Kier molecular flexibility index (Phi) is 13.3. The smallest absolute Gasteiger partial charge is 0.507 e. The first-order valence-electron chi connectivity index (χ1n) is 23.2. The van der Waals surface area contributed by atoms with Gasteiger partial charge in [-0.25, -0.2) is 4.79 Å². The Morgan fingerprint density at radius 1 is 0.403 bits per heavy atom. The van der Waals surface area contributed by atoms with Crippen molar-refractivity contribution in [3.8, 4) is 45.3 Å². The van der Waals surface area contributed by atoms with Crippen LogP contribution in [0.15, 0.2) is 97.1 Å². The molecule has 7 rings (SSSR count). The molecule has 0 fully saturated rings. The quantitative estimate of drug-likeness (QED) is 0.0759. The Morgan fingerprint density at radius 3 is 0.970 bits per heavy atom. The molecular formula is C61H66O6. The van der Waals surface area contributed by atoms with Crippen LogP contribution in [0.5, 0.6) is 23.0 Å². The highest BCUT2D eigenvalue weighted by molar-refractivity contribution is 5.72. The highest BCUT2D eigenvalue weighted by atomic mass is 16.7. The third-order valence-corrected chi connectivity index (χ3v) is 14.2. The van der Waals surface area contributed by atoms with Crippen LogP contribution in [0, 0.1) is 83.1 Å². The zero-order chi connectivity index (χ0) is 49.0. The molecule has 0 radical (unpaired) electrons. The summed E-state index contributed by atoms with van der Waals surface area (Å²) in [7, 11) is 0. The Hall–Kier alpha value is -6.79. The van der Waals surface area contributed by atoms with Gasteiger partial charge in [-0.15, -0.1) is 0 Å². The zero-order valence-electron chi connectivity index (χ0n) is 42.0. The molecule has 0 aliphatic heterocycles. The van der Waals surface area contributed by atoms with Crippen molar-refractivity contribution in [3.63, 3.8) is 0 Å². The summed E-state index contributed by atoms with van der Waals surface area (Å²) in [5.74, 6) is 1.22. The van der Waals surface area contributed by atoms with Crippen LogP contribution in [0.2, 0.25) is 0 Å². The van der Waals surface area contributed by atoms with Gasteiger partial charge in [0, 0.05) is 11.8 Å². The van der Waals surface area contributed by atoms with Crippen molar-refractivity contribution in [1.82, 2.24) is 0 Å². The molecular weight excluding hydrogens is 829 g/mol. The minimum atomic E-state index is -0.730. The first kappa shape index (κ1) is 48.2. The molecule has 0 saturated carbocycles. The molecule has 0 spiro atoms. The van der Waals surface area contributed by atoms with E-state index in [-0.39, 0.29) is 11.8 Å². The minimum Gasteiger partial charge on any atom is -0.507 e. The monoisotopic (exact) mass is 894 g/mol. The van der Waals surface area contributed by atoms with Gasteiger partial charge in [0.15, 0.2) is 0 Å². The SMILES string of the molecule is Cc1cc(C(c2ccc(-c3ccc(-c4ccc(C(c5cc(C)c(O)c(C)c5C)c5cc(C)c(OC(=O)OC(C)(C)C)c(C)c5C)cc4)cc3)cc2)c2cc(C)c(O)c(C)c2C)c(C)c(C)c1O. The predicted octanol–water partition coefficient (Wildman–Crippen LogP) is 15.5. The molecule has 7 aromatic carbocycles. The number of hydrogen-bond donors (Lipinski definition) is 3. The average Bonchev–Trinajstić information content (AvgIpc) is 3.29. The largest absolute Gasteiger partial charge is 0.514 e. The maximum atomic E-state index is 12.8. The topological polar surface area (TPSA) is 96.2 Å². The summed E-state index contributed by atoms with van der Waals surface area (Å²) < 4.78 is 11.3. The van der Waals surface area contributed by atoms with E-state index >= 15 is 0 Å². The predicted molar refractivity (Wildman–Crippen MR) is 274 cm³/mol. The molecule has 0 aliphatic carbocycles. The number of phenolic OH excluding ortho intramolecular Hbond substituents is 3. The second kappa shape index (κ2) is 18.5. The van der Waals surface area contributed by atoms with Crippen LogP contribution in [0.1, 0.15) is 133 Å². The number of rotatable bonds is 9. The summed E-state index contributed by atoms with van der Waals surface area (Å²) in [5, 5.41) is 32.6. The minimum absolute atomic E-state index is 0.101. The van der Waals surface area contributed by atoms with E-state index in [9.17, 15) is 20.1 Å². The van der Waals surface area contributed by atoms with Crippen LogP contribution >= 0.6 is 0 Å². The fourth-order valence-electron chi connectivity index (χ4n) is 9.74. The number of benzene rings is 7. The maximum absolute atomic E-state index is 12.8. The third-order valence-electron chi connectivity index (χ3n) is 14.2. The summed E-state index contributed by atoms with van der Waals surface area (Å²) >= 11 is 0. The molecule has 1 atom stereocenters. The molecule has 0 bridgehead atoms. The van der Waals surface area contributed by atoms with Gasteiger partial charge in [0.1, 0.15) is 28.6 Å². The van der Waals surface area contributed by atoms with Gasteiger partial charge in [0.2, 0.25) is 0 Å². The first-order chi connectivity index (χ1) is 31.5. The molecule has 6 nitrogen and oxygen atoms in total. The zero-order valence-corrected chi connectivity index (χ0v) is 42.0. The number of hydrogen-bond acceptors (Lipinski definition) is 6. The van der Waals surface area contributed by atoms with Crippen LogP contribution in [0.4, 0.5) is 4.79 Å². The van der Waals surface area contributed by atoms with Crippen molar-refractivity contribution < 1.29 is 29.6 Å². The van der Waals surface area contributed by atoms with Gasteiger partial charge in [-0.2, -0.15) is 0 Å². The van der Waals surface area contributed by atoms with Crippen molar-refractivity contribution in [3.05, 3.63) is 197 Å². The van der Waals surface area contributed by atoms with E-state index < -0.39 is 11.8 Å². The van der Waals surface area contributed by atoms with Crippen LogP contribution in [-0.4, -0.2) is 27.1 Å². The van der Waals surface area contributed by atoms with Gasteiger partial charge in [-0.3, -0.25) is 0 Å². The molecule has 67 heavy (non-hydrogen) atoms. The van der Waals surface area contributed by atoms with E-state index in [0.29, 0.717) is 23.0 Å². The van der Waals surface area contributed by atoms with Crippen molar-refractivity contribution in [2.45, 2.75) is 121 Å². The maximum Gasteiger partial charge on any atom is 0.514 e. The summed E-state index contributed by atoms with van der Waals surface area (Å²) in [4.78, 5) is 12.8. The molecule has 0 amide bonds. The summed E-state index contributed by atoms with van der Waals surface area (Å²) in [5.41, 5.74) is 21.5.